The molecule has 0 aromatic heterocycles. The third kappa shape index (κ3) is 4.53. The van der Waals surface area contributed by atoms with E-state index in [2.05, 4.69) is 0 Å². The normalized spacial score (nSPS) is 11.4. The minimum absolute atomic E-state index is 0.0534. The summed E-state index contributed by atoms with van der Waals surface area (Å²) in [4.78, 5) is 11.4. The second kappa shape index (κ2) is 5.21. The van der Waals surface area contributed by atoms with Crippen LogP contribution in [-0.2, 0) is 21.1 Å². The lowest BCUT2D eigenvalue weighted by Gasteiger charge is -2.02. The largest absolute Gasteiger partial charge is 0.299 e. The maximum absolute atomic E-state index is 13.2. The molecule has 0 unspecified atom stereocenters. The average molecular weight is 244 g/mol. The number of Topliss-reactive ketones (excluding diaryl/α,β-unsaturated/α-hetero) is 1. The zero-order valence-corrected chi connectivity index (χ0v) is 9.76. The van der Waals surface area contributed by atoms with E-state index < -0.39 is 15.7 Å². The quantitative estimate of drug-likeness (QED) is 0.786. The van der Waals surface area contributed by atoms with Gasteiger partial charge in [-0.15, -0.1) is 0 Å². The van der Waals surface area contributed by atoms with Crippen molar-refractivity contribution in [3.8, 4) is 0 Å². The van der Waals surface area contributed by atoms with E-state index in [1.165, 1.54) is 12.1 Å². The molecule has 0 fully saturated rings. The zero-order chi connectivity index (χ0) is 12.2. The predicted octanol–water partition coefficient (Wildman–Crippen LogP) is 1.37. The summed E-state index contributed by atoms with van der Waals surface area (Å²) in [5.74, 6) is -0.883. The van der Waals surface area contributed by atoms with Gasteiger partial charge < -0.3 is 0 Å². The Bertz CT molecular complexity index is 480. The molecule has 0 heterocycles. The lowest BCUT2D eigenvalue weighted by Crippen LogP contribution is -2.11. The fraction of sp³-hybridized carbons (Fsp3) is 0.364. The highest BCUT2D eigenvalue weighted by Gasteiger charge is 2.10. The molecule has 1 rings (SSSR count). The second-order valence-corrected chi connectivity index (χ2v) is 5.95. The third-order valence-corrected chi connectivity index (χ3v) is 3.04. The molecule has 0 saturated carbocycles. The van der Waals surface area contributed by atoms with Crippen LogP contribution in [0, 0.1) is 5.82 Å². The number of carbonyl (C=O) groups is 1. The number of hydrogen-bond donors (Lipinski definition) is 0. The highest BCUT2D eigenvalue weighted by molar-refractivity contribution is 7.90. The topological polar surface area (TPSA) is 51.2 Å². The molecule has 0 radical (unpaired) electrons. The molecule has 0 aliphatic carbocycles. The van der Waals surface area contributed by atoms with Gasteiger partial charge in [-0.05, 0) is 11.6 Å². The molecule has 3 nitrogen and oxygen atoms in total. The smallest absolute Gasteiger partial charge is 0.147 e. The van der Waals surface area contributed by atoms with Crippen molar-refractivity contribution in [2.75, 3.05) is 12.0 Å². The average Bonchev–Trinajstić information content (AvgIpc) is 2.18. The van der Waals surface area contributed by atoms with Crippen molar-refractivity contribution in [1.82, 2.24) is 0 Å². The summed E-state index contributed by atoms with van der Waals surface area (Å²) in [5.41, 5.74) is 0.306. The molecule has 0 atom stereocenters. The van der Waals surface area contributed by atoms with Crippen LogP contribution in [0.4, 0.5) is 4.39 Å². The van der Waals surface area contributed by atoms with Gasteiger partial charge in [-0.25, -0.2) is 12.8 Å². The molecular formula is C11H13FO3S. The van der Waals surface area contributed by atoms with Crippen LogP contribution in [-0.4, -0.2) is 26.2 Å². The van der Waals surface area contributed by atoms with E-state index in [9.17, 15) is 17.6 Å². The number of carbonyl (C=O) groups excluding carboxylic acids is 1. The van der Waals surface area contributed by atoms with Gasteiger partial charge in [-0.2, -0.15) is 0 Å². The van der Waals surface area contributed by atoms with Gasteiger partial charge in [-0.1, -0.05) is 18.2 Å². The van der Waals surface area contributed by atoms with Crippen LogP contribution in [0.2, 0.25) is 0 Å². The molecule has 0 aliphatic rings. The van der Waals surface area contributed by atoms with E-state index in [1.807, 2.05) is 0 Å². The molecule has 5 heteroatoms. The third-order valence-electron chi connectivity index (χ3n) is 2.10. The molecular weight excluding hydrogens is 231 g/mol. The summed E-state index contributed by atoms with van der Waals surface area (Å²) >= 11 is 0. The standard InChI is InChI=1S/C11H13FO3S/c1-16(14,15)7-6-10(13)8-9-4-2-3-5-11(9)12/h2-5H,6-8H2,1H3. The first-order chi connectivity index (χ1) is 7.38. The second-order valence-electron chi connectivity index (χ2n) is 3.69. The molecule has 1 aromatic carbocycles. The van der Waals surface area contributed by atoms with Crippen molar-refractivity contribution in [3.63, 3.8) is 0 Å². The Kier molecular flexibility index (Phi) is 4.18. The van der Waals surface area contributed by atoms with Crippen molar-refractivity contribution >= 4 is 15.6 Å². The van der Waals surface area contributed by atoms with Crippen molar-refractivity contribution in [3.05, 3.63) is 35.6 Å². The van der Waals surface area contributed by atoms with E-state index in [0.29, 0.717) is 5.56 Å². The van der Waals surface area contributed by atoms with E-state index in [4.69, 9.17) is 0 Å². The fourth-order valence-electron chi connectivity index (χ4n) is 1.24. The predicted molar refractivity (Wildman–Crippen MR) is 59.4 cm³/mol. The van der Waals surface area contributed by atoms with Crippen molar-refractivity contribution in [2.24, 2.45) is 0 Å². The van der Waals surface area contributed by atoms with Gasteiger partial charge in [0, 0.05) is 19.1 Å². The molecule has 88 valence electrons. The summed E-state index contributed by atoms with van der Waals surface area (Å²) in [6, 6.07) is 5.98. The van der Waals surface area contributed by atoms with E-state index in [0.717, 1.165) is 6.26 Å². The van der Waals surface area contributed by atoms with Crippen LogP contribution >= 0.6 is 0 Å². The van der Waals surface area contributed by atoms with Crippen molar-refractivity contribution < 1.29 is 17.6 Å². The first-order valence-electron chi connectivity index (χ1n) is 4.81. The molecule has 16 heavy (non-hydrogen) atoms. The van der Waals surface area contributed by atoms with Gasteiger partial charge in [0.1, 0.15) is 21.4 Å². The Labute approximate surface area is 94.2 Å². The highest BCUT2D eigenvalue weighted by Crippen LogP contribution is 2.08. The Hall–Kier alpha value is -1.23. The molecule has 0 aliphatic heterocycles. The summed E-state index contributed by atoms with van der Waals surface area (Å²) in [7, 11) is -3.14. The minimum atomic E-state index is -3.14. The Balaban J connectivity index is 2.56. The van der Waals surface area contributed by atoms with Crippen LogP contribution in [0.3, 0.4) is 0 Å². The van der Waals surface area contributed by atoms with Gasteiger partial charge >= 0.3 is 0 Å². The van der Waals surface area contributed by atoms with Crippen LogP contribution in [0.25, 0.3) is 0 Å². The number of halogens is 1. The Morgan fingerprint density at radius 3 is 2.50 bits per heavy atom. The lowest BCUT2D eigenvalue weighted by atomic mass is 10.1. The Morgan fingerprint density at radius 2 is 1.94 bits per heavy atom. The van der Waals surface area contributed by atoms with Crippen molar-refractivity contribution in [2.45, 2.75) is 12.8 Å². The summed E-state index contributed by atoms with van der Waals surface area (Å²) in [6.07, 6.45) is 0.957. The van der Waals surface area contributed by atoms with E-state index in [-0.39, 0.29) is 24.4 Å². The molecule has 0 saturated heterocycles. The van der Waals surface area contributed by atoms with Gasteiger partial charge in [0.25, 0.3) is 0 Å². The summed E-state index contributed by atoms with van der Waals surface area (Å²) in [5, 5.41) is 0. The van der Waals surface area contributed by atoms with Gasteiger partial charge in [0.05, 0.1) is 5.75 Å². The first-order valence-corrected chi connectivity index (χ1v) is 6.87. The fourth-order valence-corrected chi connectivity index (χ4v) is 1.84. The molecule has 0 N–H and O–H groups in total. The van der Waals surface area contributed by atoms with Crippen LogP contribution < -0.4 is 0 Å². The number of rotatable bonds is 5. The van der Waals surface area contributed by atoms with Gasteiger partial charge in [0.2, 0.25) is 0 Å². The zero-order valence-electron chi connectivity index (χ0n) is 8.94. The maximum atomic E-state index is 13.2. The number of hydrogen-bond acceptors (Lipinski definition) is 3. The highest BCUT2D eigenvalue weighted by atomic mass is 32.2. The summed E-state index contributed by atoms with van der Waals surface area (Å²) in [6.45, 7) is 0. The minimum Gasteiger partial charge on any atom is -0.299 e. The summed E-state index contributed by atoms with van der Waals surface area (Å²) < 4.78 is 34.8. The maximum Gasteiger partial charge on any atom is 0.147 e. The molecule has 1 aromatic rings. The lowest BCUT2D eigenvalue weighted by molar-refractivity contribution is -0.118. The number of sulfone groups is 1. The number of ketones is 1. The monoisotopic (exact) mass is 244 g/mol. The van der Waals surface area contributed by atoms with Crippen LogP contribution in [0.1, 0.15) is 12.0 Å². The molecule has 0 amide bonds. The van der Waals surface area contributed by atoms with E-state index >= 15 is 0 Å². The van der Waals surface area contributed by atoms with Gasteiger partial charge in [0.15, 0.2) is 0 Å². The van der Waals surface area contributed by atoms with Crippen LogP contribution in [0.5, 0.6) is 0 Å². The first kappa shape index (κ1) is 12.8. The number of benzene rings is 1. The van der Waals surface area contributed by atoms with Crippen LogP contribution in [0.15, 0.2) is 24.3 Å². The Morgan fingerprint density at radius 1 is 1.31 bits per heavy atom. The van der Waals surface area contributed by atoms with Crippen molar-refractivity contribution in [1.29, 1.82) is 0 Å². The molecule has 0 spiro atoms. The van der Waals surface area contributed by atoms with E-state index in [1.54, 1.807) is 12.1 Å². The molecule has 0 bridgehead atoms. The van der Waals surface area contributed by atoms with Gasteiger partial charge in [-0.3, -0.25) is 4.79 Å². The SMILES string of the molecule is CS(=O)(=O)CCC(=O)Cc1ccccc1F.